The summed E-state index contributed by atoms with van der Waals surface area (Å²) in [4.78, 5) is 6.70. The van der Waals surface area contributed by atoms with Crippen LogP contribution in [0.15, 0.2) is 12.3 Å². The van der Waals surface area contributed by atoms with Crippen molar-refractivity contribution in [3.05, 3.63) is 23.5 Å². The maximum atomic E-state index is 4.44. The Kier molecular flexibility index (Phi) is 2.41. The maximum absolute atomic E-state index is 4.44. The summed E-state index contributed by atoms with van der Waals surface area (Å²) in [6.07, 6.45) is 4.17. The third-order valence-corrected chi connectivity index (χ3v) is 2.54. The highest BCUT2D eigenvalue weighted by atomic mass is 15.1. The molecule has 0 amide bonds. The van der Waals surface area contributed by atoms with Gasteiger partial charge in [0.05, 0.1) is 11.4 Å². The molecule has 0 spiro atoms. The number of pyridine rings is 1. The molecule has 0 unspecified atom stereocenters. The fourth-order valence-corrected chi connectivity index (χ4v) is 1.82. The minimum absolute atomic E-state index is 1.01. The molecule has 1 aromatic rings. The lowest BCUT2D eigenvalue weighted by molar-refractivity contribution is 0.724. The summed E-state index contributed by atoms with van der Waals surface area (Å²) in [6, 6.07) is 2.14. The first-order valence-corrected chi connectivity index (χ1v) is 4.94. The topological polar surface area (TPSA) is 16.1 Å². The van der Waals surface area contributed by atoms with Crippen molar-refractivity contribution < 1.29 is 0 Å². The molecule has 0 saturated heterocycles. The molecule has 0 aromatic carbocycles. The van der Waals surface area contributed by atoms with Crippen molar-refractivity contribution in [2.75, 3.05) is 18.5 Å². The molecular formula is C12H14N2. The second-order valence-electron chi connectivity index (χ2n) is 3.59. The van der Waals surface area contributed by atoms with Gasteiger partial charge in [0, 0.05) is 25.4 Å². The van der Waals surface area contributed by atoms with E-state index < -0.39 is 0 Å². The first-order valence-electron chi connectivity index (χ1n) is 4.94. The molecule has 0 bridgehead atoms. The minimum Gasteiger partial charge on any atom is -0.373 e. The zero-order valence-corrected chi connectivity index (χ0v) is 8.67. The zero-order valence-electron chi connectivity index (χ0n) is 8.67. The number of nitrogens with zero attached hydrogens (tertiary/aromatic N) is 2. The van der Waals surface area contributed by atoms with Crippen LogP contribution in [0.1, 0.15) is 24.6 Å². The molecule has 1 aromatic heterocycles. The summed E-state index contributed by atoms with van der Waals surface area (Å²) in [6.45, 7) is 2.97. The molecule has 0 atom stereocenters. The van der Waals surface area contributed by atoms with Crippen LogP contribution in [0.3, 0.4) is 0 Å². The number of rotatable bonds is 0. The van der Waals surface area contributed by atoms with Gasteiger partial charge in [-0.1, -0.05) is 5.92 Å². The quantitative estimate of drug-likeness (QED) is 0.575. The molecule has 2 nitrogen and oxygen atoms in total. The molecule has 1 aliphatic heterocycles. The molecule has 0 saturated carbocycles. The largest absolute Gasteiger partial charge is 0.373 e. The van der Waals surface area contributed by atoms with Gasteiger partial charge in [0.15, 0.2) is 0 Å². The number of fused-ring (bicyclic) bond motifs is 1. The van der Waals surface area contributed by atoms with Gasteiger partial charge in [-0.3, -0.25) is 4.98 Å². The van der Waals surface area contributed by atoms with Crippen molar-refractivity contribution in [3.8, 4) is 11.8 Å². The fourth-order valence-electron chi connectivity index (χ4n) is 1.82. The maximum Gasteiger partial charge on any atom is 0.0638 e. The molecule has 72 valence electrons. The van der Waals surface area contributed by atoms with E-state index in [4.69, 9.17) is 0 Å². The van der Waals surface area contributed by atoms with E-state index in [1.54, 1.807) is 0 Å². The van der Waals surface area contributed by atoms with E-state index in [0.29, 0.717) is 0 Å². The van der Waals surface area contributed by atoms with Gasteiger partial charge in [-0.25, -0.2) is 0 Å². The molecule has 0 aliphatic carbocycles. The SMILES string of the molecule is CC#Cc1cnc2c(c1)N(C)CCC2. The van der Waals surface area contributed by atoms with Crippen molar-refractivity contribution in [3.63, 3.8) is 0 Å². The molecule has 14 heavy (non-hydrogen) atoms. The van der Waals surface area contributed by atoms with E-state index in [2.05, 4.69) is 34.8 Å². The standard InChI is InChI=1S/C12H14N2/c1-3-5-10-8-12-11(13-9-10)6-4-7-14(12)2/h8-9H,4,6-7H2,1-2H3. The number of aromatic nitrogens is 1. The Morgan fingerprint density at radius 3 is 3.14 bits per heavy atom. The van der Waals surface area contributed by atoms with Crippen LogP contribution in [0.4, 0.5) is 5.69 Å². The molecule has 0 fully saturated rings. The Hall–Kier alpha value is -1.49. The lowest BCUT2D eigenvalue weighted by Gasteiger charge is -2.26. The predicted octanol–water partition coefficient (Wildman–Crippen LogP) is 1.84. The number of hydrogen-bond donors (Lipinski definition) is 0. The third-order valence-electron chi connectivity index (χ3n) is 2.54. The van der Waals surface area contributed by atoms with E-state index in [9.17, 15) is 0 Å². The van der Waals surface area contributed by atoms with Crippen LogP contribution in [-0.4, -0.2) is 18.6 Å². The summed E-state index contributed by atoms with van der Waals surface area (Å²) in [5, 5.41) is 0. The van der Waals surface area contributed by atoms with Gasteiger partial charge in [-0.2, -0.15) is 0 Å². The van der Waals surface area contributed by atoms with Gasteiger partial charge in [-0.05, 0) is 25.8 Å². The Bertz CT molecular complexity index is 399. The lowest BCUT2D eigenvalue weighted by atomic mass is 10.1. The van der Waals surface area contributed by atoms with E-state index in [-0.39, 0.29) is 0 Å². The van der Waals surface area contributed by atoms with Gasteiger partial charge in [-0.15, -0.1) is 5.92 Å². The van der Waals surface area contributed by atoms with Crippen molar-refractivity contribution in [2.45, 2.75) is 19.8 Å². The van der Waals surface area contributed by atoms with Gasteiger partial charge in [0.2, 0.25) is 0 Å². The van der Waals surface area contributed by atoms with E-state index in [1.807, 2.05) is 13.1 Å². The van der Waals surface area contributed by atoms with Gasteiger partial charge >= 0.3 is 0 Å². The second-order valence-corrected chi connectivity index (χ2v) is 3.59. The molecule has 2 heterocycles. The Morgan fingerprint density at radius 2 is 2.36 bits per heavy atom. The molecule has 0 N–H and O–H groups in total. The average molecular weight is 186 g/mol. The highest BCUT2D eigenvalue weighted by Gasteiger charge is 2.14. The molecule has 2 rings (SSSR count). The van der Waals surface area contributed by atoms with Crippen molar-refractivity contribution in [1.82, 2.24) is 4.98 Å². The molecule has 1 aliphatic rings. The fraction of sp³-hybridized carbons (Fsp3) is 0.417. The molecule has 0 radical (unpaired) electrons. The smallest absolute Gasteiger partial charge is 0.0638 e. The predicted molar refractivity (Wildman–Crippen MR) is 58.4 cm³/mol. The van der Waals surface area contributed by atoms with Crippen molar-refractivity contribution >= 4 is 5.69 Å². The summed E-state index contributed by atoms with van der Waals surface area (Å²) >= 11 is 0. The highest BCUT2D eigenvalue weighted by Crippen LogP contribution is 2.24. The monoisotopic (exact) mass is 186 g/mol. The van der Waals surface area contributed by atoms with Crippen LogP contribution in [0.5, 0.6) is 0 Å². The van der Waals surface area contributed by atoms with E-state index in [0.717, 1.165) is 18.5 Å². The van der Waals surface area contributed by atoms with E-state index in [1.165, 1.54) is 17.8 Å². The Morgan fingerprint density at radius 1 is 1.50 bits per heavy atom. The van der Waals surface area contributed by atoms with Crippen molar-refractivity contribution in [2.24, 2.45) is 0 Å². The lowest BCUT2D eigenvalue weighted by Crippen LogP contribution is -2.25. The van der Waals surface area contributed by atoms with Gasteiger partial charge in [0.1, 0.15) is 0 Å². The molecular weight excluding hydrogens is 172 g/mol. The van der Waals surface area contributed by atoms with Crippen LogP contribution in [0, 0.1) is 11.8 Å². The van der Waals surface area contributed by atoms with Crippen molar-refractivity contribution in [1.29, 1.82) is 0 Å². The van der Waals surface area contributed by atoms with Crippen LogP contribution < -0.4 is 4.90 Å². The number of aryl methyl sites for hydroxylation is 1. The minimum atomic E-state index is 1.01. The van der Waals surface area contributed by atoms with E-state index >= 15 is 0 Å². The first kappa shape index (κ1) is 9.08. The summed E-state index contributed by atoms with van der Waals surface area (Å²) in [5.74, 6) is 5.94. The highest BCUT2D eigenvalue weighted by molar-refractivity contribution is 5.55. The average Bonchev–Trinajstić information content (AvgIpc) is 2.20. The zero-order chi connectivity index (χ0) is 9.97. The normalized spacial score (nSPS) is 14.3. The second kappa shape index (κ2) is 3.71. The Labute approximate surface area is 85.0 Å². The van der Waals surface area contributed by atoms with Gasteiger partial charge in [0.25, 0.3) is 0 Å². The summed E-state index contributed by atoms with van der Waals surface area (Å²) in [5.41, 5.74) is 3.47. The number of hydrogen-bond acceptors (Lipinski definition) is 2. The first-order chi connectivity index (χ1) is 6.81. The van der Waals surface area contributed by atoms with Gasteiger partial charge < -0.3 is 4.90 Å². The third kappa shape index (κ3) is 1.58. The summed E-state index contributed by atoms with van der Waals surface area (Å²) in [7, 11) is 2.11. The van der Waals surface area contributed by atoms with Crippen LogP contribution in [0.25, 0.3) is 0 Å². The Balaban J connectivity index is 2.44. The van der Waals surface area contributed by atoms with Crippen LogP contribution in [-0.2, 0) is 6.42 Å². The molecule has 2 heteroatoms. The number of anilines is 1. The van der Waals surface area contributed by atoms with Crippen LogP contribution >= 0.6 is 0 Å². The van der Waals surface area contributed by atoms with Crippen LogP contribution in [0.2, 0.25) is 0 Å². The summed E-state index contributed by atoms with van der Waals surface area (Å²) < 4.78 is 0.